The molecular formula is C30H44O3. The Morgan fingerprint density at radius 2 is 1.12 bits per heavy atom. The van der Waals surface area contributed by atoms with Gasteiger partial charge in [-0.15, -0.1) is 0 Å². The van der Waals surface area contributed by atoms with Gasteiger partial charge in [0.25, 0.3) is 0 Å². The lowest BCUT2D eigenvalue weighted by Gasteiger charge is -2.33. The Bertz CT molecular complexity index is 759. The van der Waals surface area contributed by atoms with Crippen LogP contribution in [0.1, 0.15) is 114 Å². The molecule has 2 unspecified atom stereocenters. The molecule has 0 heterocycles. The van der Waals surface area contributed by atoms with Crippen molar-refractivity contribution in [3.05, 3.63) is 71.8 Å². The van der Waals surface area contributed by atoms with E-state index in [-0.39, 0.29) is 0 Å². The summed E-state index contributed by atoms with van der Waals surface area (Å²) < 4.78 is 0. The molecule has 3 heteroatoms. The molecule has 0 aliphatic heterocycles. The van der Waals surface area contributed by atoms with Gasteiger partial charge in [-0.25, -0.2) is 4.79 Å². The van der Waals surface area contributed by atoms with E-state index >= 15 is 0 Å². The third-order valence-corrected chi connectivity index (χ3v) is 6.84. The van der Waals surface area contributed by atoms with Gasteiger partial charge in [0.1, 0.15) is 0 Å². The summed E-state index contributed by atoms with van der Waals surface area (Å²) in [5, 5.41) is 21.5. The van der Waals surface area contributed by atoms with Crippen molar-refractivity contribution in [1.29, 1.82) is 0 Å². The van der Waals surface area contributed by atoms with Crippen molar-refractivity contribution < 1.29 is 15.0 Å². The number of unbranched alkanes of at least 4 members (excludes halogenated alkanes) is 12. The number of carboxylic acid groups (broad SMARTS) is 1. The summed E-state index contributed by atoms with van der Waals surface area (Å²) >= 11 is 0. The van der Waals surface area contributed by atoms with Crippen LogP contribution in [0, 0.1) is 0 Å². The second kappa shape index (κ2) is 15.7. The zero-order valence-electron chi connectivity index (χ0n) is 20.6. The molecule has 0 radical (unpaired) electrons. The molecule has 0 fully saturated rings. The Hall–Kier alpha value is -2.13. The predicted octanol–water partition coefficient (Wildman–Crippen LogP) is 8.22. The topological polar surface area (TPSA) is 57.5 Å². The quantitative estimate of drug-likeness (QED) is 0.224. The van der Waals surface area contributed by atoms with Crippen LogP contribution in [0.5, 0.6) is 0 Å². The number of aliphatic hydroxyl groups is 1. The van der Waals surface area contributed by atoms with E-state index in [4.69, 9.17) is 0 Å². The summed E-state index contributed by atoms with van der Waals surface area (Å²) in [6, 6.07) is 18.5. The Balaban J connectivity index is 1.81. The molecule has 2 aromatic rings. The van der Waals surface area contributed by atoms with E-state index in [1.807, 2.05) is 36.4 Å². The summed E-state index contributed by atoms with van der Waals surface area (Å²) in [5.41, 5.74) is -0.606. The van der Waals surface area contributed by atoms with Gasteiger partial charge in [-0.2, -0.15) is 0 Å². The smallest absolute Gasteiger partial charge is 0.341 e. The highest BCUT2D eigenvalue weighted by Gasteiger charge is 2.46. The maximum atomic E-state index is 12.3. The first kappa shape index (κ1) is 27.1. The molecule has 2 aromatic carbocycles. The Morgan fingerprint density at radius 1 is 0.697 bits per heavy atom. The third-order valence-electron chi connectivity index (χ3n) is 6.84. The first-order chi connectivity index (χ1) is 16.1. The van der Waals surface area contributed by atoms with Crippen LogP contribution in [0.2, 0.25) is 0 Å². The third kappa shape index (κ3) is 8.97. The molecule has 33 heavy (non-hydrogen) atoms. The summed E-state index contributed by atoms with van der Waals surface area (Å²) in [5.74, 6) is -1.66. The SMILES string of the molecule is CCCCCCCCCCCCCCCC(c1ccccc1)C(O)(C(=O)O)c1ccccc1. The zero-order valence-corrected chi connectivity index (χ0v) is 20.6. The molecule has 0 spiro atoms. The Kier molecular flexibility index (Phi) is 12.9. The van der Waals surface area contributed by atoms with Gasteiger partial charge in [0.2, 0.25) is 0 Å². The monoisotopic (exact) mass is 452 g/mol. The van der Waals surface area contributed by atoms with Crippen molar-refractivity contribution in [2.45, 2.75) is 108 Å². The number of carboxylic acids is 1. The van der Waals surface area contributed by atoms with Crippen LogP contribution >= 0.6 is 0 Å². The number of aliphatic carboxylic acids is 1. The van der Waals surface area contributed by atoms with Gasteiger partial charge in [-0.3, -0.25) is 0 Å². The van der Waals surface area contributed by atoms with Crippen molar-refractivity contribution in [2.24, 2.45) is 0 Å². The Morgan fingerprint density at radius 3 is 1.58 bits per heavy atom. The van der Waals surface area contributed by atoms with Crippen molar-refractivity contribution in [3.63, 3.8) is 0 Å². The molecule has 182 valence electrons. The molecule has 2 atom stereocenters. The zero-order chi connectivity index (χ0) is 23.8. The predicted molar refractivity (Wildman–Crippen MR) is 137 cm³/mol. The van der Waals surface area contributed by atoms with Gasteiger partial charge < -0.3 is 10.2 Å². The van der Waals surface area contributed by atoms with Crippen molar-refractivity contribution >= 4 is 5.97 Å². The van der Waals surface area contributed by atoms with Gasteiger partial charge in [-0.1, -0.05) is 151 Å². The maximum Gasteiger partial charge on any atom is 0.341 e. The molecule has 3 nitrogen and oxygen atoms in total. The number of hydrogen-bond acceptors (Lipinski definition) is 2. The highest BCUT2D eigenvalue weighted by atomic mass is 16.4. The second-order valence-electron chi connectivity index (χ2n) is 9.43. The van der Waals surface area contributed by atoms with Crippen LogP contribution in [0.15, 0.2) is 60.7 Å². The van der Waals surface area contributed by atoms with Crippen molar-refractivity contribution in [2.75, 3.05) is 0 Å². The van der Waals surface area contributed by atoms with Gasteiger partial charge in [0.15, 0.2) is 5.60 Å². The largest absolute Gasteiger partial charge is 0.479 e. The van der Waals surface area contributed by atoms with Crippen molar-refractivity contribution in [3.8, 4) is 0 Å². The van der Waals surface area contributed by atoms with E-state index in [0.717, 1.165) is 18.4 Å². The highest BCUT2D eigenvalue weighted by Crippen LogP contribution is 2.41. The fourth-order valence-electron chi connectivity index (χ4n) is 4.83. The van der Waals surface area contributed by atoms with E-state index in [2.05, 4.69) is 6.92 Å². The van der Waals surface area contributed by atoms with Gasteiger partial charge in [0, 0.05) is 5.92 Å². The lowest BCUT2D eigenvalue weighted by Crippen LogP contribution is -2.41. The molecule has 0 bridgehead atoms. The number of benzene rings is 2. The van der Waals surface area contributed by atoms with Crippen LogP contribution in [0.25, 0.3) is 0 Å². The molecular weight excluding hydrogens is 408 g/mol. The number of carbonyl (C=O) groups is 1. The molecule has 0 saturated carbocycles. The van der Waals surface area contributed by atoms with E-state index in [1.165, 1.54) is 70.6 Å². The van der Waals surface area contributed by atoms with E-state index < -0.39 is 17.5 Å². The van der Waals surface area contributed by atoms with Crippen LogP contribution in [-0.2, 0) is 10.4 Å². The first-order valence-electron chi connectivity index (χ1n) is 13.2. The summed E-state index contributed by atoms with van der Waals surface area (Å²) in [6.07, 6.45) is 17.3. The standard InChI is InChI=1S/C30H44O3/c1-2-3-4-5-6-7-8-9-10-11-12-13-20-25-28(26-21-16-14-17-22-26)30(33,29(31)32)27-23-18-15-19-24-27/h14-19,21-24,28,33H,2-13,20,25H2,1H3,(H,31,32). The van der Waals surface area contributed by atoms with Crippen LogP contribution in [-0.4, -0.2) is 16.2 Å². The second-order valence-corrected chi connectivity index (χ2v) is 9.43. The van der Waals surface area contributed by atoms with Crippen molar-refractivity contribution in [1.82, 2.24) is 0 Å². The highest BCUT2D eigenvalue weighted by molar-refractivity contribution is 5.80. The van der Waals surface area contributed by atoms with Gasteiger partial charge >= 0.3 is 5.97 Å². The van der Waals surface area contributed by atoms with Crippen LogP contribution in [0.3, 0.4) is 0 Å². The minimum absolute atomic E-state index is 0.445. The van der Waals surface area contributed by atoms with Crippen LogP contribution < -0.4 is 0 Å². The minimum atomic E-state index is -1.93. The van der Waals surface area contributed by atoms with E-state index in [0.29, 0.717) is 12.0 Å². The average molecular weight is 453 g/mol. The minimum Gasteiger partial charge on any atom is -0.479 e. The molecule has 2 N–H and O–H groups in total. The number of rotatable bonds is 18. The molecule has 0 aromatic heterocycles. The van der Waals surface area contributed by atoms with Gasteiger partial charge in [-0.05, 0) is 17.5 Å². The molecule has 0 saturated heterocycles. The van der Waals surface area contributed by atoms with Crippen LogP contribution in [0.4, 0.5) is 0 Å². The molecule has 0 aliphatic rings. The molecule has 0 amide bonds. The Labute approximate surface area is 201 Å². The lowest BCUT2D eigenvalue weighted by molar-refractivity contribution is -0.163. The lowest BCUT2D eigenvalue weighted by atomic mass is 9.74. The average Bonchev–Trinajstić information content (AvgIpc) is 2.85. The summed E-state index contributed by atoms with van der Waals surface area (Å²) in [7, 11) is 0. The number of hydrogen-bond donors (Lipinski definition) is 2. The first-order valence-corrected chi connectivity index (χ1v) is 13.2. The van der Waals surface area contributed by atoms with E-state index in [1.54, 1.807) is 24.3 Å². The molecule has 2 rings (SSSR count). The normalized spacial score (nSPS) is 14.0. The maximum absolute atomic E-state index is 12.3. The molecule has 0 aliphatic carbocycles. The van der Waals surface area contributed by atoms with Gasteiger partial charge in [0.05, 0.1) is 0 Å². The fourth-order valence-corrected chi connectivity index (χ4v) is 4.83. The summed E-state index contributed by atoms with van der Waals surface area (Å²) in [6.45, 7) is 2.26. The summed E-state index contributed by atoms with van der Waals surface area (Å²) in [4.78, 5) is 12.3. The van der Waals surface area contributed by atoms with E-state index in [9.17, 15) is 15.0 Å². The fraction of sp³-hybridized carbons (Fsp3) is 0.567.